The van der Waals surface area contributed by atoms with E-state index in [-0.39, 0.29) is 5.91 Å². The standard InChI is InChI=1S/C16H18N2O3/c1-3-21-15-9-12(17)14(20-2)10-13(15)18-16(19)11-7-5-4-6-8-11/h4-10H,3,17H2,1-2H3,(H,18,19). The molecule has 0 fully saturated rings. The maximum Gasteiger partial charge on any atom is 0.255 e. The van der Waals surface area contributed by atoms with Gasteiger partial charge in [-0.1, -0.05) is 18.2 Å². The second kappa shape index (κ2) is 6.65. The molecule has 0 saturated carbocycles. The van der Waals surface area contributed by atoms with Crippen LogP contribution in [-0.2, 0) is 0 Å². The molecule has 3 N–H and O–H groups in total. The molecule has 0 unspecified atom stereocenters. The van der Waals surface area contributed by atoms with Crippen molar-refractivity contribution in [2.75, 3.05) is 24.8 Å². The Balaban J connectivity index is 2.31. The average molecular weight is 286 g/mol. The summed E-state index contributed by atoms with van der Waals surface area (Å²) >= 11 is 0. The van der Waals surface area contributed by atoms with Gasteiger partial charge in [0.25, 0.3) is 5.91 Å². The number of hydrogen-bond acceptors (Lipinski definition) is 4. The van der Waals surface area contributed by atoms with E-state index in [2.05, 4.69) is 5.32 Å². The Hall–Kier alpha value is -2.69. The molecule has 5 heteroatoms. The van der Waals surface area contributed by atoms with Gasteiger partial charge in [-0.15, -0.1) is 0 Å². The third-order valence-electron chi connectivity index (χ3n) is 2.92. The fourth-order valence-corrected chi connectivity index (χ4v) is 1.91. The van der Waals surface area contributed by atoms with Crippen molar-refractivity contribution in [3.8, 4) is 11.5 Å². The van der Waals surface area contributed by atoms with E-state index in [0.29, 0.717) is 35.0 Å². The second-order valence-corrected chi connectivity index (χ2v) is 4.34. The predicted molar refractivity (Wildman–Crippen MR) is 83.0 cm³/mol. The summed E-state index contributed by atoms with van der Waals surface area (Å²) in [4.78, 5) is 12.2. The van der Waals surface area contributed by atoms with Crippen molar-refractivity contribution in [3.05, 3.63) is 48.0 Å². The fraction of sp³-hybridized carbons (Fsp3) is 0.188. The van der Waals surface area contributed by atoms with Crippen LogP contribution in [0.2, 0.25) is 0 Å². The van der Waals surface area contributed by atoms with Crippen molar-refractivity contribution in [1.29, 1.82) is 0 Å². The molecule has 0 aliphatic carbocycles. The van der Waals surface area contributed by atoms with Gasteiger partial charge in [0.2, 0.25) is 0 Å². The largest absolute Gasteiger partial charge is 0.495 e. The molecule has 0 aliphatic rings. The molecule has 110 valence electrons. The second-order valence-electron chi connectivity index (χ2n) is 4.34. The molecule has 0 radical (unpaired) electrons. The van der Waals surface area contributed by atoms with E-state index in [1.165, 1.54) is 7.11 Å². The number of nitrogens with two attached hydrogens (primary N) is 1. The number of anilines is 2. The van der Waals surface area contributed by atoms with Crippen molar-refractivity contribution >= 4 is 17.3 Å². The fourth-order valence-electron chi connectivity index (χ4n) is 1.91. The van der Waals surface area contributed by atoms with Gasteiger partial charge in [-0.2, -0.15) is 0 Å². The Kier molecular flexibility index (Phi) is 4.66. The van der Waals surface area contributed by atoms with Gasteiger partial charge in [-0.05, 0) is 19.1 Å². The Bertz CT molecular complexity index is 627. The van der Waals surface area contributed by atoms with Crippen LogP contribution in [0, 0.1) is 0 Å². The summed E-state index contributed by atoms with van der Waals surface area (Å²) in [5.41, 5.74) is 7.40. The first-order valence-corrected chi connectivity index (χ1v) is 6.62. The number of ether oxygens (including phenoxy) is 2. The summed E-state index contributed by atoms with van der Waals surface area (Å²) < 4.78 is 10.7. The SMILES string of the molecule is CCOc1cc(N)c(OC)cc1NC(=O)c1ccccc1. The van der Waals surface area contributed by atoms with Crippen molar-refractivity contribution in [1.82, 2.24) is 0 Å². The van der Waals surface area contributed by atoms with Gasteiger partial charge in [-0.3, -0.25) is 4.79 Å². The van der Waals surface area contributed by atoms with E-state index in [0.717, 1.165) is 0 Å². The van der Waals surface area contributed by atoms with Gasteiger partial charge >= 0.3 is 0 Å². The molecular weight excluding hydrogens is 268 g/mol. The lowest BCUT2D eigenvalue weighted by Crippen LogP contribution is -2.13. The minimum absolute atomic E-state index is 0.219. The zero-order chi connectivity index (χ0) is 15.2. The van der Waals surface area contributed by atoms with Crippen LogP contribution in [0.25, 0.3) is 0 Å². The predicted octanol–water partition coefficient (Wildman–Crippen LogP) is 2.93. The van der Waals surface area contributed by atoms with Crippen LogP contribution in [0.3, 0.4) is 0 Å². The Morgan fingerprint density at radius 2 is 1.90 bits per heavy atom. The highest BCUT2D eigenvalue weighted by molar-refractivity contribution is 6.05. The third-order valence-corrected chi connectivity index (χ3v) is 2.92. The molecular formula is C16H18N2O3. The molecule has 0 heterocycles. The minimum atomic E-state index is -0.219. The number of hydrogen-bond donors (Lipinski definition) is 2. The highest BCUT2D eigenvalue weighted by Crippen LogP contribution is 2.35. The lowest BCUT2D eigenvalue weighted by molar-refractivity contribution is 0.102. The van der Waals surface area contributed by atoms with Gasteiger partial charge in [0.05, 0.1) is 25.1 Å². The van der Waals surface area contributed by atoms with E-state index in [9.17, 15) is 4.79 Å². The summed E-state index contributed by atoms with van der Waals surface area (Å²) in [7, 11) is 1.52. The van der Waals surface area contributed by atoms with Crippen molar-refractivity contribution < 1.29 is 14.3 Å². The van der Waals surface area contributed by atoms with E-state index in [4.69, 9.17) is 15.2 Å². The van der Waals surface area contributed by atoms with Crippen molar-refractivity contribution in [2.24, 2.45) is 0 Å². The number of nitrogen functional groups attached to an aromatic ring is 1. The summed E-state index contributed by atoms with van der Waals surface area (Å²) in [6, 6.07) is 12.2. The number of nitrogens with one attached hydrogen (secondary N) is 1. The summed E-state index contributed by atoms with van der Waals surface area (Å²) in [5.74, 6) is 0.783. The molecule has 0 bridgehead atoms. The van der Waals surface area contributed by atoms with Crippen LogP contribution in [0.1, 0.15) is 17.3 Å². The van der Waals surface area contributed by atoms with Gasteiger partial charge in [0.1, 0.15) is 11.5 Å². The summed E-state index contributed by atoms with van der Waals surface area (Å²) in [6.07, 6.45) is 0. The molecule has 0 aromatic heterocycles. The molecule has 0 aliphatic heterocycles. The maximum absolute atomic E-state index is 12.2. The van der Waals surface area contributed by atoms with Crippen LogP contribution in [0.15, 0.2) is 42.5 Å². The first-order chi connectivity index (χ1) is 10.2. The Morgan fingerprint density at radius 3 is 2.52 bits per heavy atom. The van der Waals surface area contributed by atoms with Gasteiger partial charge in [0.15, 0.2) is 0 Å². The van der Waals surface area contributed by atoms with E-state index >= 15 is 0 Å². The third kappa shape index (κ3) is 3.45. The van der Waals surface area contributed by atoms with Gasteiger partial charge in [0, 0.05) is 17.7 Å². The quantitative estimate of drug-likeness (QED) is 0.829. The van der Waals surface area contributed by atoms with Crippen LogP contribution in [0.5, 0.6) is 11.5 Å². The smallest absolute Gasteiger partial charge is 0.255 e. The number of amides is 1. The minimum Gasteiger partial charge on any atom is -0.495 e. The molecule has 2 aromatic carbocycles. The van der Waals surface area contributed by atoms with Crippen LogP contribution in [0.4, 0.5) is 11.4 Å². The number of rotatable bonds is 5. The lowest BCUT2D eigenvalue weighted by atomic mass is 10.2. The molecule has 21 heavy (non-hydrogen) atoms. The highest BCUT2D eigenvalue weighted by atomic mass is 16.5. The molecule has 0 spiro atoms. The first-order valence-electron chi connectivity index (χ1n) is 6.62. The maximum atomic E-state index is 12.2. The zero-order valence-electron chi connectivity index (χ0n) is 12.1. The summed E-state index contributed by atoms with van der Waals surface area (Å²) in [6.45, 7) is 2.34. The van der Waals surface area contributed by atoms with Crippen LogP contribution in [-0.4, -0.2) is 19.6 Å². The van der Waals surface area contributed by atoms with E-state index in [1.54, 1.807) is 24.3 Å². The monoisotopic (exact) mass is 286 g/mol. The Morgan fingerprint density at radius 1 is 1.19 bits per heavy atom. The number of benzene rings is 2. The normalized spacial score (nSPS) is 10.0. The van der Waals surface area contributed by atoms with Crippen LogP contribution < -0.4 is 20.5 Å². The Labute approximate surface area is 123 Å². The molecule has 2 aromatic rings. The lowest BCUT2D eigenvalue weighted by Gasteiger charge is -2.14. The zero-order valence-corrected chi connectivity index (χ0v) is 12.1. The molecule has 2 rings (SSSR count). The van der Waals surface area contributed by atoms with Gasteiger partial charge in [-0.25, -0.2) is 0 Å². The highest BCUT2D eigenvalue weighted by Gasteiger charge is 2.13. The van der Waals surface area contributed by atoms with Crippen LogP contribution >= 0.6 is 0 Å². The van der Waals surface area contributed by atoms with E-state index in [1.807, 2.05) is 25.1 Å². The molecule has 1 amide bonds. The summed E-state index contributed by atoms with van der Waals surface area (Å²) in [5, 5.41) is 2.81. The van der Waals surface area contributed by atoms with Crippen molar-refractivity contribution in [3.63, 3.8) is 0 Å². The molecule has 5 nitrogen and oxygen atoms in total. The molecule has 0 atom stereocenters. The first kappa shape index (κ1) is 14.7. The number of carbonyl (C=O) groups excluding carboxylic acids is 1. The number of methoxy groups -OCH3 is 1. The topological polar surface area (TPSA) is 73.6 Å². The van der Waals surface area contributed by atoms with Crippen molar-refractivity contribution in [2.45, 2.75) is 6.92 Å². The molecule has 0 saturated heterocycles. The van der Waals surface area contributed by atoms with Gasteiger partial charge < -0.3 is 20.5 Å². The number of carbonyl (C=O) groups is 1. The average Bonchev–Trinajstić information content (AvgIpc) is 2.51. The van der Waals surface area contributed by atoms with E-state index < -0.39 is 0 Å².